The molecular weight excluding hydrogens is 347 g/mol. The first-order valence-electron chi connectivity index (χ1n) is 7.15. The summed E-state index contributed by atoms with van der Waals surface area (Å²) >= 11 is 0. The molecule has 0 saturated carbocycles. The number of allylic oxidation sites excluding steroid dienone is 1. The summed E-state index contributed by atoms with van der Waals surface area (Å²) in [4.78, 5) is 11.2. The van der Waals surface area contributed by atoms with Crippen LogP contribution in [0.3, 0.4) is 0 Å². The Bertz CT molecular complexity index is 769. The second-order valence-electron chi connectivity index (χ2n) is 5.29. The maximum atomic E-state index is 12.7. The number of methoxy groups -OCH3 is 1. The molecule has 0 amide bonds. The molecule has 1 aromatic rings. The lowest BCUT2D eigenvalue weighted by Gasteiger charge is -2.20. The van der Waals surface area contributed by atoms with Gasteiger partial charge in [0, 0.05) is 5.70 Å². The normalized spacial score (nSPS) is 16.0. The number of esters is 1. The Balaban J connectivity index is 2.37. The van der Waals surface area contributed by atoms with Gasteiger partial charge in [-0.2, -0.15) is 13.2 Å². The van der Waals surface area contributed by atoms with Gasteiger partial charge in [0.15, 0.2) is 0 Å². The van der Waals surface area contributed by atoms with Crippen LogP contribution in [0.25, 0.3) is 0 Å². The summed E-state index contributed by atoms with van der Waals surface area (Å²) < 4.78 is 69.8. The second kappa shape index (κ2) is 6.84. The van der Waals surface area contributed by atoms with Gasteiger partial charge >= 0.3 is 12.1 Å². The Hall–Kier alpha value is -2.03. The Labute approximate surface area is 137 Å². The lowest BCUT2D eigenvalue weighted by molar-refractivity contribution is -0.138. The summed E-state index contributed by atoms with van der Waals surface area (Å²) in [5.74, 6) is -0.642. The van der Waals surface area contributed by atoms with Gasteiger partial charge in [-0.25, -0.2) is 13.2 Å². The minimum absolute atomic E-state index is 0.172. The van der Waals surface area contributed by atoms with Gasteiger partial charge in [-0.3, -0.25) is 4.72 Å². The first-order chi connectivity index (χ1) is 11.1. The average Bonchev–Trinajstić information content (AvgIpc) is 2.53. The molecule has 1 N–H and O–H groups in total. The van der Waals surface area contributed by atoms with Crippen molar-refractivity contribution in [1.82, 2.24) is 4.72 Å². The SMILES string of the molecule is COC(=O)C1=C(NS(=O)(=O)c2cccc(C(F)(F)F)c2)CCCC1. The summed E-state index contributed by atoms with van der Waals surface area (Å²) in [6, 6.07) is 3.44. The average molecular weight is 363 g/mol. The maximum Gasteiger partial charge on any atom is 0.416 e. The number of carbonyl (C=O) groups is 1. The van der Waals surface area contributed by atoms with E-state index in [1.807, 2.05) is 0 Å². The zero-order valence-corrected chi connectivity index (χ0v) is 13.6. The van der Waals surface area contributed by atoms with E-state index in [9.17, 15) is 26.4 Å². The lowest BCUT2D eigenvalue weighted by Crippen LogP contribution is -2.28. The van der Waals surface area contributed by atoms with Gasteiger partial charge in [0.2, 0.25) is 0 Å². The fourth-order valence-corrected chi connectivity index (χ4v) is 3.63. The van der Waals surface area contributed by atoms with E-state index in [0.717, 1.165) is 18.2 Å². The minimum Gasteiger partial charge on any atom is -0.466 e. The van der Waals surface area contributed by atoms with Gasteiger partial charge in [0.25, 0.3) is 10.0 Å². The number of ether oxygens (including phenoxy) is 1. The van der Waals surface area contributed by atoms with Gasteiger partial charge in [-0.1, -0.05) is 6.07 Å². The van der Waals surface area contributed by atoms with E-state index < -0.39 is 32.6 Å². The molecule has 24 heavy (non-hydrogen) atoms. The summed E-state index contributed by atoms with van der Waals surface area (Å²) in [5.41, 5.74) is -0.680. The molecule has 1 aromatic carbocycles. The second-order valence-corrected chi connectivity index (χ2v) is 6.97. The van der Waals surface area contributed by atoms with Crippen molar-refractivity contribution >= 4 is 16.0 Å². The highest BCUT2D eigenvalue weighted by molar-refractivity contribution is 7.89. The largest absolute Gasteiger partial charge is 0.466 e. The number of alkyl halides is 3. The fourth-order valence-electron chi connectivity index (χ4n) is 2.43. The van der Waals surface area contributed by atoms with E-state index in [4.69, 9.17) is 0 Å². The zero-order valence-electron chi connectivity index (χ0n) is 12.8. The highest BCUT2D eigenvalue weighted by atomic mass is 32.2. The summed E-state index contributed by atoms with van der Waals surface area (Å²) in [7, 11) is -3.05. The van der Waals surface area contributed by atoms with Crippen LogP contribution >= 0.6 is 0 Å². The third kappa shape index (κ3) is 4.08. The molecule has 0 aliphatic heterocycles. The molecular formula is C15H16F3NO4S. The summed E-state index contributed by atoms with van der Waals surface area (Å²) in [5, 5.41) is 0. The topological polar surface area (TPSA) is 72.5 Å². The van der Waals surface area contributed by atoms with Crippen molar-refractivity contribution in [3.8, 4) is 0 Å². The number of hydrogen-bond acceptors (Lipinski definition) is 4. The molecule has 0 atom stereocenters. The summed E-state index contributed by atoms with van der Waals surface area (Å²) in [6.07, 6.45) is -2.61. The van der Waals surface area contributed by atoms with E-state index >= 15 is 0 Å². The quantitative estimate of drug-likeness (QED) is 0.835. The Kier molecular flexibility index (Phi) is 5.22. The van der Waals surface area contributed by atoms with E-state index in [0.29, 0.717) is 31.7 Å². The predicted octanol–water partition coefficient (Wildman–Crippen LogP) is 2.98. The predicted molar refractivity (Wildman–Crippen MR) is 79.3 cm³/mol. The minimum atomic E-state index is -4.65. The van der Waals surface area contributed by atoms with Crippen molar-refractivity contribution < 1.29 is 31.1 Å². The number of nitrogens with one attached hydrogen (secondary N) is 1. The van der Waals surface area contributed by atoms with E-state index in [-0.39, 0.29) is 11.3 Å². The monoisotopic (exact) mass is 363 g/mol. The summed E-state index contributed by atoms with van der Waals surface area (Å²) in [6.45, 7) is 0. The fraction of sp³-hybridized carbons (Fsp3) is 0.400. The Morgan fingerprint density at radius 1 is 1.21 bits per heavy atom. The van der Waals surface area contributed by atoms with Crippen LogP contribution < -0.4 is 4.72 Å². The van der Waals surface area contributed by atoms with Crippen LogP contribution in [0.2, 0.25) is 0 Å². The first kappa shape index (κ1) is 18.3. The molecule has 0 spiro atoms. The van der Waals surface area contributed by atoms with Crippen LogP contribution in [0, 0.1) is 0 Å². The molecule has 0 heterocycles. The lowest BCUT2D eigenvalue weighted by atomic mass is 9.97. The van der Waals surface area contributed by atoms with Gasteiger partial charge in [0.05, 0.1) is 23.1 Å². The van der Waals surface area contributed by atoms with Crippen molar-refractivity contribution in [2.24, 2.45) is 0 Å². The first-order valence-corrected chi connectivity index (χ1v) is 8.64. The highest BCUT2D eigenvalue weighted by Crippen LogP contribution is 2.31. The van der Waals surface area contributed by atoms with Crippen molar-refractivity contribution in [3.63, 3.8) is 0 Å². The van der Waals surface area contributed by atoms with Crippen LogP contribution in [0.15, 0.2) is 40.4 Å². The number of rotatable bonds is 4. The van der Waals surface area contributed by atoms with E-state index in [1.54, 1.807) is 0 Å². The van der Waals surface area contributed by atoms with Crippen molar-refractivity contribution in [3.05, 3.63) is 41.1 Å². The molecule has 5 nitrogen and oxygen atoms in total. The van der Waals surface area contributed by atoms with Crippen molar-refractivity contribution in [1.29, 1.82) is 0 Å². The smallest absolute Gasteiger partial charge is 0.416 e. The maximum absolute atomic E-state index is 12.7. The van der Waals surface area contributed by atoms with Crippen LogP contribution in [0.1, 0.15) is 31.2 Å². The highest BCUT2D eigenvalue weighted by Gasteiger charge is 2.32. The van der Waals surface area contributed by atoms with Crippen molar-refractivity contribution in [2.45, 2.75) is 36.8 Å². The molecule has 0 bridgehead atoms. The molecule has 0 radical (unpaired) electrons. The van der Waals surface area contributed by atoms with Crippen molar-refractivity contribution in [2.75, 3.05) is 7.11 Å². The molecule has 0 aromatic heterocycles. The number of halogens is 3. The third-order valence-corrected chi connectivity index (χ3v) is 5.02. The number of carbonyl (C=O) groups excluding carboxylic acids is 1. The molecule has 0 fully saturated rings. The van der Waals surface area contributed by atoms with Gasteiger partial charge in [0.1, 0.15) is 0 Å². The Morgan fingerprint density at radius 2 is 1.88 bits per heavy atom. The van der Waals surface area contributed by atoms with Gasteiger partial charge < -0.3 is 4.74 Å². The van der Waals surface area contributed by atoms with E-state index in [2.05, 4.69) is 9.46 Å². The number of sulfonamides is 1. The third-order valence-electron chi connectivity index (χ3n) is 3.63. The van der Waals surface area contributed by atoms with Gasteiger partial charge in [-0.05, 0) is 43.9 Å². The number of hydrogen-bond donors (Lipinski definition) is 1. The molecule has 9 heteroatoms. The molecule has 2 rings (SSSR count). The van der Waals surface area contributed by atoms with Crippen LogP contribution in [0.4, 0.5) is 13.2 Å². The molecule has 1 aliphatic rings. The van der Waals surface area contributed by atoms with Crippen LogP contribution in [-0.4, -0.2) is 21.5 Å². The van der Waals surface area contributed by atoms with Gasteiger partial charge in [-0.15, -0.1) is 0 Å². The Morgan fingerprint density at radius 3 is 2.50 bits per heavy atom. The molecule has 132 valence electrons. The molecule has 0 unspecified atom stereocenters. The van der Waals surface area contributed by atoms with E-state index in [1.165, 1.54) is 7.11 Å². The molecule has 0 saturated heterocycles. The molecule has 1 aliphatic carbocycles. The standard InChI is InChI=1S/C15H16F3NO4S/c1-23-14(20)12-7-2-3-8-13(12)19-24(21,22)11-6-4-5-10(9-11)15(16,17)18/h4-6,9,19H,2-3,7-8H2,1H3. The zero-order chi connectivity index (χ0) is 18.0. The van der Waals surface area contributed by atoms with Crippen LogP contribution in [-0.2, 0) is 25.7 Å². The van der Waals surface area contributed by atoms with Crippen LogP contribution in [0.5, 0.6) is 0 Å². The number of benzene rings is 1.